The van der Waals surface area contributed by atoms with Crippen LogP contribution in [0.15, 0.2) is 42.9 Å². The predicted octanol–water partition coefficient (Wildman–Crippen LogP) is 2.01. The van der Waals surface area contributed by atoms with Crippen molar-refractivity contribution in [2.75, 3.05) is 19.0 Å². The van der Waals surface area contributed by atoms with Crippen LogP contribution in [0.3, 0.4) is 0 Å². The van der Waals surface area contributed by atoms with Crippen LogP contribution in [0.25, 0.3) is 22.8 Å². The second kappa shape index (κ2) is 5.32. The first-order valence-electron chi connectivity index (χ1n) is 6.60. The minimum Gasteiger partial charge on any atom is -0.363 e. The van der Waals surface area contributed by atoms with E-state index in [0.717, 1.165) is 28.6 Å². The lowest BCUT2D eigenvalue weighted by atomic mass is 10.2. The average Bonchev–Trinajstić information content (AvgIpc) is 2.94. The van der Waals surface area contributed by atoms with Crippen LogP contribution in [0.2, 0.25) is 0 Å². The zero-order chi connectivity index (χ0) is 14.8. The maximum Gasteiger partial charge on any atom is 0.160 e. The van der Waals surface area contributed by atoms with Gasteiger partial charge in [-0.1, -0.05) is 0 Å². The SMILES string of the molecule is CN(C)c1ccc(-c2ccc(-c3nccn3C)nn2)cn1. The van der Waals surface area contributed by atoms with Gasteiger partial charge in [0.05, 0.1) is 5.69 Å². The number of anilines is 1. The van der Waals surface area contributed by atoms with Crippen molar-refractivity contribution >= 4 is 5.82 Å². The Labute approximate surface area is 123 Å². The molecule has 0 aliphatic rings. The van der Waals surface area contributed by atoms with E-state index < -0.39 is 0 Å². The maximum absolute atomic E-state index is 4.38. The van der Waals surface area contributed by atoms with Gasteiger partial charge >= 0.3 is 0 Å². The topological polar surface area (TPSA) is 59.7 Å². The molecule has 0 unspecified atom stereocenters. The van der Waals surface area contributed by atoms with Crippen molar-refractivity contribution < 1.29 is 0 Å². The van der Waals surface area contributed by atoms with Crippen molar-refractivity contribution in [2.24, 2.45) is 7.05 Å². The van der Waals surface area contributed by atoms with Crippen molar-refractivity contribution in [3.63, 3.8) is 0 Å². The van der Waals surface area contributed by atoms with Gasteiger partial charge in [-0.3, -0.25) is 0 Å². The molecule has 0 aliphatic heterocycles. The summed E-state index contributed by atoms with van der Waals surface area (Å²) >= 11 is 0. The summed E-state index contributed by atoms with van der Waals surface area (Å²) in [7, 11) is 5.86. The highest BCUT2D eigenvalue weighted by atomic mass is 15.1. The molecule has 3 heterocycles. The highest BCUT2D eigenvalue weighted by Gasteiger charge is 2.07. The predicted molar refractivity (Wildman–Crippen MR) is 81.8 cm³/mol. The molecule has 21 heavy (non-hydrogen) atoms. The quantitative estimate of drug-likeness (QED) is 0.734. The van der Waals surface area contributed by atoms with Gasteiger partial charge in [-0.15, -0.1) is 10.2 Å². The number of imidazole rings is 1. The van der Waals surface area contributed by atoms with Gasteiger partial charge in [0.25, 0.3) is 0 Å². The van der Waals surface area contributed by atoms with Crippen molar-refractivity contribution in [2.45, 2.75) is 0 Å². The summed E-state index contributed by atoms with van der Waals surface area (Å²) in [6, 6.07) is 7.81. The van der Waals surface area contributed by atoms with E-state index >= 15 is 0 Å². The number of aryl methyl sites for hydroxylation is 1. The number of pyridine rings is 1. The van der Waals surface area contributed by atoms with Crippen LogP contribution in [-0.4, -0.2) is 38.8 Å². The summed E-state index contributed by atoms with van der Waals surface area (Å²) < 4.78 is 1.91. The van der Waals surface area contributed by atoms with Gasteiger partial charge in [-0.2, -0.15) is 0 Å². The molecule has 106 valence electrons. The van der Waals surface area contributed by atoms with Crippen molar-refractivity contribution in [1.82, 2.24) is 24.7 Å². The highest BCUT2D eigenvalue weighted by molar-refractivity contribution is 5.61. The van der Waals surface area contributed by atoms with E-state index in [9.17, 15) is 0 Å². The summed E-state index contributed by atoms with van der Waals surface area (Å²) in [5.74, 6) is 1.71. The molecular weight excluding hydrogens is 264 g/mol. The molecule has 0 bridgehead atoms. The zero-order valence-corrected chi connectivity index (χ0v) is 12.2. The molecule has 0 spiro atoms. The van der Waals surface area contributed by atoms with E-state index in [-0.39, 0.29) is 0 Å². The molecule has 3 aromatic rings. The molecule has 3 rings (SSSR count). The van der Waals surface area contributed by atoms with Gasteiger partial charge < -0.3 is 9.47 Å². The lowest BCUT2D eigenvalue weighted by Crippen LogP contribution is -2.10. The molecule has 0 saturated carbocycles. The smallest absolute Gasteiger partial charge is 0.160 e. The first kappa shape index (κ1) is 13.2. The molecule has 0 saturated heterocycles. The van der Waals surface area contributed by atoms with E-state index in [0.29, 0.717) is 0 Å². The van der Waals surface area contributed by atoms with Crippen LogP contribution in [-0.2, 0) is 7.05 Å². The molecule has 0 radical (unpaired) electrons. The van der Waals surface area contributed by atoms with Gasteiger partial charge in [0.15, 0.2) is 5.82 Å². The fourth-order valence-electron chi connectivity index (χ4n) is 2.02. The Hall–Kier alpha value is -2.76. The second-order valence-corrected chi connectivity index (χ2v) is 4.97. The molecule has 0 aliphatic carbocycles. The monoisotopic (exact) mass is 280 g/mol. The van der Waals surface area contributed by atoms with Crippen LogP contribution in [0.1, 0.15) is 0 Å². The lowest BCUT2D eigenvalue weighted by molar-refractivity contribution is 0.904. The van der Waals surface area contributed by atoms with E-state index in [4.69, 9.17) is 0 Å². The number of aromatic nitrogens is 5. The van der Waals surface area contributed by atoms with E-state index in [1.807, 2.05) is 61.1 Å². The number of rotatable bonds is 3. The fraction of sp³-hybridized carbons (Fsp3) is 0.200. The fourth-order valence-corrected chi connectivity index (χ4v) is 2.02. The van der Waals surface area contributed by atoms with E-state index in [1.54, 1.807) is 12.4 Å². The Bertz CT molecular complexity index is 728. The number of hydrogen-bond donors (Lipinski definition) is 0. The van der Waals surface area contributed by atoms with Crippen molar-refractivity contribution in [3.8, 4) is 22.8 Å². The van der Waals surface area contributed by atoms with Crippen LogP contribution in [0, 0.1) is 0 Å². The van der Waals surface area contributed by atoms with Crippen LogP contribution in [0.4, 0.5) is 5.82 Å². The third-order valence-electron chi connectivity index (χ3n) is 3.22. The maximum atomic E-state index is 4.38. The molecule has 0 fully saturated rings. The van der Waals surface area contributed by atoms with Crippen molar-refractivity contribution in [3.05, 3.63) is 42.9 Å². The zero-order valence-electron chi connectivity index (χ0n) is 12.2. The first-order chi connectivity index (χ1) is 10.1. The summed E-state index contributed by atoms with van der Waals surface area (Å²) in [6.07, 6.45) is 5.43. The van der Waals surface area contributed by atoms with Gasteiger partial charge in [0, 0.05) is 45.3 Å². The minimum absolute atomic E-state index is 0.754. The van der Waals surface area contributed by atoms with Crippen LogP contribution < -0.4 is 4.90 Å². The van der Waals surface area contributed by atoms with E-state index in [1.165, 1.54) is 0 Å². The molecule has 0 amide bonds. The third kappa shape index (κ3) is 2.60. The largest absolute Gasteiger partial charge is 0.363 e. The Balaban J connectivity index is 1.89. The number of hydrogen-bond acceptors (Lipinski definition) is 5. The van der Waals surface area contributed by atoms with Crippen LogP contribution >= 0.6 is 0 Å². The molecule has 0 aromatic carbocycles. The van der Waals surface area contributed by atoms with Crippen LogP contribution in [0.5, 0.6) is 0 Å². The van der Waals surface area contributed by atoms with Crippen molar-refractivity contribution in [1.29, 1.82) is 0 Å². The van der Waals surface area contributed by atoms with Gasteiger partial charge in [-0.05, 0) is 24.3 Å². The summed E-state index contributed by atoms with van der Waals surface area (Å²) in [5.41, 5.74) is 2.49. The summed E-state index contributed by atoms with van der Waals surface area (Å²) in [6.45, 7) is 0. The third-order valence-corrected chi connectivity index (χ3v) is 3.22. The Kier molecular flexibility index (Phi) is 3.35. The van der Waals surface area contributed by atoms with Gasteiger partial charge in [0.2, 0.25) is 0 Å². The highest BCUT2D eigenvalue weighted by Crippen LogP contribution is 2.20. The van der Waals surface area contributed by atoms with Gasteiger partial charge in [-0.25, -0.2) is 9.97 Å². The van der Waals surface area contributed by atoms with Gasteiger partial charge in [0.1, 0.15) is 11.5 Å². The number of nitrogens with zero attached hydrogens (tertiary/aromatic N) is 6. The normalized spacial score (nSPS) is 10.6. The lowest BCUT2D eigenvalue weighted by Gasteiger charge is -2.10. The second-order valence-electron chi connectivity index (χ2n) is 4.97. The average molecular weight is 280 g/mol. The molecular formula is C15H16N6. The Morgan fingerprint density at radius 3 is 2.24 bits per heavy atom. The Morgan fingerprint density at radius 1 is 0.952 bits per heavy atom. The molecule has 6 nitrogen and oxygen atoms in total. The first-order valence-corrected chi connectivity index (χ1v) is 6.60. The van der Waals surface area contributed by atoms with E-state index in [2.05, 4.69) is 20.2 Å². The standard InChI is InChI=1S/C15H16N6/c1-20(2)14-7-4-11(10-17-14)12-5-6-13(19-18-12)15-16-8-9-21(15)3/h4-10H,1-3H3. The molecule has 0 N–H and O–H groups in total. The summed E-state index contributed by atoms with van der Waals surface area (Å²) in [5, 5.41) is 8.51. The Morgan fingerprint density at radius 2 is 1.71 bits per heavy atom. The summed E-state index contributed by atoms with van der Waals surface area (Å²) in [4.78, 5) is 10.6. The molecule has 0 atom stereocenters. The molecule has 3 aromatic heterocycles. The molecule has 6 heteroatoms. The minimum atomic E-state index is 0.754.